The third-order valence-corrected chi connectivity index (χ3v) is 8.16. The van der Waals surface area contributed by atoms with E-state index in [9.17, 15) is 9.18 Å². The summed E-state index contributed by atoms with van der Waals surface area (Å²) in [6.45, 7) is 11.0. The van der Waals surface area contributed by atoms with Crippen LogP contribution < -0.4 is 10.5 Å². The molecule has 232 valence electrons. The molecule has 0 radical (unpaired) electrons. The molecule has 0 spiro atoms. The SMILES string of the molecule is Cc1nn(C)c(C)c1-c1c(Cl)ccc2c(CCCOc3cccc4cc(F)ccc34)c(C(=O)OC(C)(C)C)n(CCCN)c12. The second-order valence-corrected chi connectivity index (χ2v) is 12.6. The van der Waals surface area contributed by atoms with Crippen LogP contribution in [0, 0.1) is 19.7 Å². The van der Waals surface area contributed by atoms with E-state index in [1.54, 1.807) is 6.07 Å². The molecule has 5 aromatic rings. The molecular weight excluding hydrogens is 579 g/mol. The molecule has 0 fully saturated rings. The zero-order chi connectivity index (χ0) is 31.8. The number of aromatic nitrogens is 3. The van der Waals surface area contributed by atoms with Gasteiger partial charge in [-0.3, -0.25) is 4.68 Å². The van der Waals surface area contributed by atoms with Crippen LogP contribution in [0.5, 0.6) is 5.75 Å². The number of halogens is 2. The molecule has 2 heterocycles. The van der Waals surface area contributed by atoms with E-state index in [2.05, 4.69) is 5.10 Å². The Balaban J connectivity index is 1.61. The van der Waals surface area contributed by atoms with Gasteiger partial charge in [0, 0.05) is 41.2 Å². The summed E-state index contributed by atoms with van der Waals surface area (Å²) in [5.41, 5.74) is 11.2. The number of hydrogen-bond acceptors (Lipinski definition) is 5. The lowest BCUT2D eigenvalue weighted by atomic mass is 9.98. The van der Waals surface area contributed by atoms with Crippen molar-refractivity contribution in [3.63, 3.8) is 0 Å². The molecule has 0 saturated carbocycles. The first-order valence-corrected chi connectivity index (χ1v) is 15.4. The maximum atomic E-state index is 13.9. The highest BCUT2D eigenvalue weighted by Crippen LogP contribution is 2.42. The zero-order valence-electron chi connectivity index (χ0n) is 26.3. The van der Waals surface area contributed by atoms with Gasteiger partial charge in [-0.15, -0.1) is 0 Å². The lowest BCUT2D eigenvalue weighted by molar-refractivity contribution is 0.00567. The molecular formula is C35H40ClFN4O3. The average molecular weight is 619 g/mol. The van der Waals surface area contributed by atoms with E-state index in [-0.39, 0.29) is 11.8 Å². The summed E-state index contributed by atoms with van der Waals surface area (Å²) in [6.07, 6.45) is 1.86. The fourth-order valence-electron chi connectivity index (χ4n) is 5.93. The first-order valence-electron chi connectivity index (χ1n) is 15.0. The predicted octanol–water partition coefficient (Wildman–Crippen LogP) is 7.92. The standard InChI is InChI=1S/C35H40ClFN4O3/c1-21-30(22(2)40(6)39-21)31-28(36)16-15-27-26(33(34(42)44-35(3,4)5)41(32(27)31)18-9-17-38)11-8-19-43-29-12-7-10-23-20-24(37)13-14-25(23)29/h7,10,12-16,20H,8-9,11,17-19,38H2,1-6H3. The second kappa shape index (κ2) is 12.6. The van der Waals surface area contributed by atoms with Crippen LogP contribution in [0.25, 0.3) is 32.8 Å². The summed E-state index contributed by atoms with van der Waals surface area (Å²) in [6, 6.07) is 14.2. The Hall–Kier alpha value is -3.88. The number of carbonyl (C=O) groups excluding carboxylic acids is 1. The van der Waals surface area contributed by atoms with Crippen LogP contribution in [0.1, 0.15) is 61.1 Å². The Morgan fingerprint density at radius 3 is 2.48 bits per heavy atom. The Morgan fingerprint density at radius 1 is 1.05 bits per heavy atom. The Kier molecular flexibility index (Phi) is 9.05. The Labute approximate surface area is 262 Å². The van der Waals surface area contributed by atoms with Crippen LogP contribution in [-0.4, -0.2) is 39.1 Å². The van der Waals surface area contributed by atoms with Gasteiger partial charge in [0.15, 0.2) is 0 Å². The zero-order valence-corrected chi connectivity index (χ0v) is 27.0. The van der Waals surface area contributed by atoms with E-state index in [1.807, 2.05) is 81.2 Å². The molecule has 7 nitrogen and oxygen atoms in total. The minimum absolute atomic E-state index is 0.286. The van der Waals surface area contributed by atoms with E-state index >= 15 is 0 Å². The number of esters is 1. The third kappa shape index (κ3) is 6.19. The van der Waals surface area contributed by atoms with E-state index < -0.39 is 5.60 Å². The van der Waals surface area contributed by atoms with Gasteiger partial charge in [0.25, 0.3) is 0 Å². The first-order chi connectivity index (χ1) is 20.9. The number of rotatable bonds is 10. The monoisotopic (exact) mass is 618 g/mol. The van der Waals surface area contributed by atoms with Crippen LogP contribution in [-0.2, 0) is 24.8 Å². The molecule has 9 heteroatoms. The smallest absolute Gasteiger partial charge is 0.355 e. The molecule has 0 aliphatic carbocycles. The lowest BCUT2D eigenvalue weighted by Gasteiger charge is -2.21. The number of ether oxygens (including phenoxy) is 2. The number of nitrogens with two attached hydrogens (primary N) is 1. The van der Waals surface area contributed by atoms with Gasteiger partial charge in [-0.2, -0.15) is 5.10 Å². The van der Waals surface area contributed by atoms with Crippen molar-refractivity contribution >= 4 is 39.2 Å². The van der Waals surface area contributed by atoms with Gasteiger partial charge < -0.3 is 19.8 Å². The number of fused-ring (bicyclic) bond motifs is 2. The second-order valence-electron chi connectivity index (χ2n) is 12.2. The van der Waals surface area contributed by atoms with E-state index in [4.69, 9.17) is 26.8 Å². The van der Waals surface area contributed by atoms with E-state index in [0.717, 1.165) is 49.8 Å². The van der Waals surface area contributed by atoms with Crippen molar-refractivity contribution in [1.82, 2.24) is 14.3 Å². The number of nitrogens with zero attached hydrogens (tertiary/aromatic N) is 3. The molecule has 2 N–H and O–H groups in total. The highest BCUT2D eigenvalue weighted by molar-refractivity contribution is 6.35. The molecule has 44 heavy (non-hydrogen) atoms. The molecule has 0 atom stereocenters. The average Bonchev–Trinajstić information content (AvgIpc) is 3.40. The van der Waals surface area contributed by atoms with Crippen LogP contribution in [0.3, 0.4) is 0 Å². The number of hydrogen-bond donors (Lipinski definition) is 1. The van der Waals surface area contributed by atoms with Gasteiger partial charge in [-0.25, -0.2) is 9.18 Å². The lowest BCUT2D eigenvalue weighted by Crippen LogP contribution is -2.26. The van der Waals surface area contributed by atoms with Crippen molar-refractivity contribution in [1.29, 1.82) is 0 Å². The van der Waals surface area contributed by atoms with Gasteiger partial charge in [-0.1, -0.05) is 29.8 Å². The van der Waals surface area contributed by atoms with E-state index in [1.165, 1.54) is 12.1 Å². The first kappa shape index (κ1) is 31.5. The van der Waals surface area contributed by atoms with E-state index in [0.29, 0.717) is 55.4 Å². The minimum Gasteiger partial charge on any atom is -0.493 e. The highest BCUT2D eigenvalue weighted by Gasteiger charge is 2.30. The largest absolute Gasteiger partial charge is 0.493 e. The van der Waals surface area contributed by atoms with Gasteiger partial charge in [0.1, 0.15) is 22.9 Å². The molecule has 0 unspecified atom stereocenters. The maximum absolute atomic E-state index is 13.9. The highest BCUT2D eigenvalue weighted by atomic mass is 35.5. The van der Waals surface area contributed by atoms with Crippen molar-refractivity contribution < 1.29 is 18.7 Å². The summed E-state index contributed by atoms with van der Waals surface area (Å²) in [7, 11) is 1.91. The van der Waals surface area contributed by atoms with Crippen molar-refractivity contribution in [2.45, 2.75) is 66.0 Å². The van der Waals surface area contributed by atoms with Gasteiger partial charge in [-0.05, 0) is 102 Å². The summed E-state index contributed by atoms with van der Waals surface area (Å²) in [5.74, 6) is 0.0164. The fourth-order valence-corrected chi connectivity index (χ4v) is 6.18. The predicted molar refractivity (Wildman–Crippen MR) is 175 cm³/mol. The number of benzene rings is 3. The van der Waals surface area contributed by atoms with Crippen molar-refractivity contribution in [2.24, 2.45) is 12.8 Å². The summed E-state index contributed by atoms with van der Waals surface area (Å²) >= 11 is 6.96. The van der Waals surface area contributed by atoms with Crippen LogP contribution >= 0.6 is 11.6 Å². The summed E-state index contributed by atoms with van der Waals surface area (Å²) in [4.78, 5) is 13.9. The summed E-state index contributed by atoms with van der Waals surface area (Å²) in [5, 5.41) is 7.81. The molecule has 0 aliphatic rings. The van der Waals surface area contributed by atoms with Crippen molar-refractivity contribution in [3.8, 4) is 16.9 Å². The molecule has 0 saturated heterocycles. The molecule has 0 bridgehead atoms. The van der Waals surface area contributed by atoms with Gasteiger partial charge >= 0.3 is 5.97 Å². The van der Waals surface area contributed by atoms with Crippen LogP contribution in [0.15, 0.2) is 48.5 Å². The molecule has 3 aromatic carbocycles. The Morgan fingerprint density at radius 2 is 1.80 bits per heavy atom. The van der Waals surface area contributed by atoms with Crippen LogP contribution in [0.4, 0.5) is 4.39 Å². The van der Waals surface area contributed by atoms with Crippen molar-refractivity contribution in [2.75, 3.05) is 13.2 Å². The molecule has 5 rings (SSSR count). The third-order valence-electron chi connectivity index (χ3n) is 7.85. The Bertz CT molecular complexity index is 1850. The normalized spacial score (nSPS) is 11.9. The van der Waals surface area contributed by atoms with Gasteiger partial charge in [0.2, 0.25) is 0 Å². The summed E-state index contributed by atoms with van der Waals surface area (Å²) < 4.78 is 29.8. The molecule has 0 amide bonds. The number of aryl methyl sites for hydroxylation is 4. The fraction of sp³-hybridized carbons (Fsp3) is 0.371. The topological polar surface area (TPSA) is 84.3 Å². The van der Waals surface area contributed by atoms with Crippen LogP contribution in [0.2, 0.25) is 5.02 Å². The van der Waals surface area contributed by atoms with Crippen molar-refractivity contribution in [3.05, 3.63) is 82.0 Å². The maximum Gasteiger partial charge on any atom is 0.355 e. The number of carbonyl (C=O) groups is 1. The quantitative estimate of drug-likeness (QED) is 0.127. The molecule has 0 aliphatic heterocycles. The minimum atomic E-state index is -0.683. The van der Waals surface area contributed by atoms with Gasteiger partial charge in [0.05, 0.1) is 22.8 Å². The molecule has 2 aromatic heterocycles.